The quantitative estimate of drug-likeness (QED) is 0.572. The second-order valence-electron chi connectivity index (χ2n) is 8.57. The number of para-hydroxylation sites is 1. The molecule has 6 heteroatoms. The van der Waals surface area contributed by atoms with Crippen molar-refractivity contribution in [3.8, 4) is 5.75 Å². The number of carbonyl (C=O) groups excluding carboxylic acids is 1. The van der Waals surface area contributed by atoms with Gasteiger partial charge >= 0.3 is 0 Å². The van der Waals surface area contributed by atoms with Crippen molar-refractivity contribution in [2.45, 2.75) is 44.8 Å². The van der Waals surface area contributed by atoms with E-state index < -0.39 is 0 Å². The highest BCUT2D eigenvalue weighted by atomic mass is 16.5. The summed E-state index contributed by atoms with van der Waals surface area (Å²) >= 11 is 0. The molecule has 2 heterocycles. The van der Waals surface area contributed by atoms with Crippen LogP contribution in [0.5, 0.6) is 5.75 Å². The summed E-state index contributed by atoms with van der Waals surface area (Å²) in [5, 5.41) is 3.47. The Kier molecular flexibility index (Phi) is 7.64. The van der Waals surface area contributed by atoms with Crippen molar-refractivity contribution in [3.63, 3.8) is 0 Å². The van der Waals surface area contributed by atoms with E-state index in [4.69, 9.17) is 4.74 Å². The molecular weight excluding hydrogens is 400 g/mol. The van der Waals surface area contributed by atoms with E-state index in [9.17, 15) is 4.79 Å². The molecular formula is C26H34N4O2. The maximum atomic E-state index is 12.6. The lowest BCUT2D eigenvalue weighted by atomic mass is 10.1. The van der Waals surface area contributed by atoms with Crippen molar-refractivity contribution in [1.82, 2.24) is 15.1 Å². The Labute approximate surface area is 191 Å². The molecule has 2 aromatic rings. The third-order valence-corrected chi connectivity index (χ3v) is 6.29. The summed E-state index contributed by atoms with van der Waals surface area (Å²) < 4.78 is 6.10. The number of likely N-dealkylation sites (tertiary alicyclic amines) is 2. The first-order valence-electron chi connectivity index (χ1n) is 11.8. The van der Waals surface area contributed by atoms with Gasteiger partial charge in [0.25, 0.3) is 5.91 Å². The highest BCUT2D eigenvalue weighted by molar-refractivity contribution is 5.94. The number of rotatable bonds is 5. The molecule has 0 aromatic heterocycles. The fourth-order valence-electron chi connectivity index (χ4n) is 4.44. The summed E-state index contributed by atoms with van der Waals surface area (Å²) in [6.07, 6.45) is 5.65. The summed E-state index contributed by atoms with van der Waals surface area (Å²) in [6.45, 7) is 4.28. The molecule has 2 aromatic carbocycles. The standard InChI is InChI=1S/C26H34N4O2/c1-27-26(30-18-14-24(15-19-30)32-23-8-4-2-5-9-23)28-20-21-10-12-22(13-11-21)25(31)29-16-6-3-7-17-29/h2,4-5,8-13,24H,3,6-7,14-20H2,1H3,(H,27,28). The summed E-state index contributed by atoms with van der Waals surface area (Å²) in [5.41, 5.74) is 1.92. The Morgan fingerprint density at radius 3 is 2.28 bits per heavy atom. The number of hydrogen-bond acceptors (Lipinski definition) is 3. The van der Waals surface area contributed by atoms with Crippen LogP contribution in [0, 0.1) is 0 Å². The van der Waals surface area contributed by atoms with Crippen LogP contribution in [0.25, 0.3) is 0 Å². The number of benzene rings is 2. The Morgan fingerprint density at radius 2 is 1.62 bits per heavy atom. The lowest BCUT2D eigenvalue weighted by Gasteiger charge is -2.34. The first-order chi connectivity index (χ1) is 15.7. The smallest absolute Gasteiger partial charge is 0.253 e. The van der Waals surface area contributed by atoms with Gasteiger partial charge in [0.05, 0.1) is 0 Å². The van der Waals surface area contributed by atoms with Crippen LogP contribution in [0.1, 0.15) is 48.0 Å². The molecule has 0 bridgehead atoms. The molecule has 170 valence electrons. The highest BCUT2D eigenvalue weighted by Crippen LogP contribution is 2.19. The van der Waals surface area contributed by atoms with Gasteiger partial charge in [-0.05, 0) is 49.1 Å². The summed E-state index contributed by atoms with van der Waals surface area (Å²) in [7, 11) is 1.83. The number of aliphatic imine (C=N–C) groups is 1. The molecule has 0 radical (unpaired) electrons. The molecule has 2 aliphatic rings. The lowest BCUT2D eigenvalue weighted by molar-refractivity contribution is 0.0724. The fourth-order valence-corrected chi connectivity index (χ4v) is 4.44. The molecule has 2 saturated heterocycles. The molecule has 32 heavy (non-hydrogen) atoms. The van der Waals surface area contributed by atoms with Crippen molar-refractivity contribution >= 4 is 11.9 Å². The van der Waals surface area contributed by atoms with E-state index >= 15 is 0 Å². The van der Waals surface area contributed by atoms with Crippen LogP contribution >= 0.6 is 0 Å². The SMILES string of the molecule is CN=C(NCc1ccc(C(=O)N2CCCCC2)cc1)N1CCC(Oc2ccccc2)CC1. The van der Waals surface area contributed by atoms with E-state index in [2.05, 4.69) is 15.2 Å². The minimum Gasteiger partial charge on any atom is -0.490 e. The van der Waals surface area contributed by atoms with E-state index in [1.165, 1.54) is 6.42 Å². The summed E-state index contributed by atoms with van der Waals surface area (Å²) in [4.78, 5) is 21.4. The van der Waals surface area contributed by atoms with Gasteiger partial charge in [-0.3, -0.25) is 9.79 Å². The average Bonchev–Trinajstić information content (AvgIpc) is 2.86. The Hall–Kier alpha value is -3.02. The van der Waals surface area contributed by atoms with Crippen LogP contribution in [0.3, 0.4) is 0 Å². The maximum Gasteiger partial charge on any atom is 0.253 e. The fraction of sp³-hybridized carbons (Fsp3) is 0.462. The third kappa shape index (κ3) is 5.81. The van der Waals surface area contributed by atoms with Crippen LogP contribution in [0.4, 0.5) is 0 Å². The van der Waals surface area contributed by atoms with Crippen molar-refractivity contribution in [2.75, 3.05) is 33.2 Å². The zero-order chi connectivity index (χ0) is 22.2. The number of hydrogen-bond donors (Lipinski definition) is 1. The number of guanidine groups is 1. The Balaban J connectivity index is 1.24. The minimum absolute atomic E-state index is 0.153. The number of carbonyl (C=O) groups is 1. The van der Waals surface area contributed by atoms with Gasteiger partial charge in [0.1, 0.15) is 11.9 Å². The molecule has 0 unspecified atom stereocenters. The second kappa shape index (κ2) is 11.0. The molecule has 1 N–H and O–H groups in total. The molecule has 1 amide bonds. The third-order valence-electron chi connectivity index (χ3n) is 6.29. The monoisotopic (exact) mass is 434 g/mol. The predicted molar refractivity (Wildman–Crippen MR) is 128 cm³/mol. The maximum absolute atomic E-state index is 12.6. The van der Waals surface area contributed by atoms with E-state index in [0.29, 0.717) is 6.54 Å². The Bertz CT molecular complexity index is 884. The molecule has 0 aliphatic carbocycles. The van der Waals surface area contributed by atoms with Crippen molar-refractivity contribution in [3.05, 3.63) is 65.7 Å². The minimum atomic E-state index is 0.153. The van der Waals surface area contributed by atoms with Gasteiger partial charge < -0.3 is 19.9 Å². The van der Waals surface area contributed by atoms with Crippen LogP contribution in [0.15, 0.2) is 59.6 Å². The van der Waals surface area contributed by atoms with Crippen LogP contribution in [-0.4, -0.2) is 61.0 Å². The summed E-state index contributed by atoms with van der Waals surface area (Å²) in [5.74, 6) is 2.01. The number of amides is 1. The van der Waals surface area contributed by atoms with Crippen molar-refractivity contribution in [1.29, 1.82) is 0 Å². The van der Waals surface area contributed by atoms with E-state index in [1.807, 2.05) is 66.5 Å². The van der Waals surface area contributed by atoms with Gasteiger partial charge in [-0.15, -0.1) is 0 Å². The number of nitrogens with zero attached hydrogens (tertiary/aromatic N) is 3. The number of ether oxygens (including phenoxy) is 1. The first kappa shape index (κ1) is 22.2. The number of piperidine rings is 2. The van der Waals surface area contributed by atoms with Crippen molar-refractivity contribution in [2.24, 2.45) is 4.99 Å². The van der Waals surface area contributed by atoms with Gasteiger partial charge in [0.15, 0.2) is 5.96 Å². The largest absolute Gasteiger partial charge is 0.490 e. The molecule has 0 atom stereocenters. The highest BCUT2D eigenvalue weighted by Gasteiger charge is 2.23. The zero-order valence-corrected chi connectivity index (χ0v) is 19.0. The van der Waals surface area contributed by atoms with E-state index in [0.717, 1.165) is 74.7 Å². The normalized spacial score (nSPS) is 17.8. The molecule has 0 spiro atoms. The zero-order valence-electron chi connectivity index (χ0n) is 19.0. The summed E-state index contributed by atoms with van der Waals surface area (Å²) in [6, 6.07) is 18.0. The van der Waals surface area contributed by atoms with Gasteiger partial charge in [-0.25, -0.2) is 0 Å². The van der Waals surface area contributed by atoms with Crippen LogP contribution in [0.2, 0.25) is 0 Å². The predicted octanol–water partition coefficient (Wildman–Crippen LogP) is 3.93. The molecule has 4 rings (SSSR count). The van der Waals surface area contributed by atoms with Gasteiger partial charge in [-0.2, -0.15) is 0 Å². The molecule has 2 fully saturated rings. The average molecular weight is 435 g/mol. The first-order valence-corrected chi connectivity index (χ1v) is 11.8. The van der Waals surface area contributed by atoms with Gasteiger partial charge in [0.2, 0.25) is 0 Å². The van der Waals surface area contributed by atoms with Gasteiger partial charge in [-0.1, -0.05) is 30.3 Å². The molecule has 6 nitrogen and oxygen atoms in total. The topological polar surface area (TPSA) is 57.2 Å². The van der Waals surface area contributed by atoms with E-state index in [1.54, 1.807) is 0 Å². The van der Waals surface area contributed by atoms with Gasteiger partial charge in [0, 0.05) is 58.2 Å². The molecule has 0 saturated carbocycles. The van der Waals surface area contributed by atoms with Crippen molar-refractivity contribution < 1.29 is 9.53 Å². The lowest BCUT2D eigenvalue weighted by Crippen LogP contribution is -2.47. The molecule has 2 aliphatic heterocycles. The van der Waals surface area contributed by atoms with E-state index in [-0.39, 0.29) is 12.0 Å². The number of nitrogens with one attached hydrogen (secondary N) is 1. The Morgan fingerprint density at radius 1 is 0.938 bits per heavy atom. The second-order valence-corrected chi connectivity index (χ2v) is 8.57. The van der Waals surface area contributed by atoms with Crippen LogP contribution in [-0.2, 0) is 6.54 Å². The van der Waals surface area contributed by atoms with Crippen LogP contribution < -0.4 is 10.1 Å².